The second-order valence-electron chi connectivity index (χ2n) is 3.52. The number of thioether (sulfide) groups is 1. The second-order valence-corrected chi connectivity index (χ2v) is 5.72. The first-order valence-electron chi connectivity index (χ1n) is 5.42. The number of aromatic nitrogens is 2. The quantitative estimate of drug-likeness (QED) is 0.840. The molecule has 110 valence electrons. The third-order valence-electron chi connectivity index (χ3n) is 2.01. The highest BCUT2D eigenvalue weighted by Gasteiger charge is 2.30. The Kier molecular flexibility index (Phi) is 4.87. The van der Waals surface area contributed by atoms with Crippen molar-refractivity contribution < 1.29 is 17.9 Å². The van der Waals surface area contributed by atoms with Crippen LogP contribution in [0.2, 0.25) is 0 Å². The van der Waals surface area contributed by atoms with E-state index in [0.29, 0.717) is 15.2 Å². The number of nitrogens with one attached hydrogen (secondary N) is 1. The molecule has 0 bridgehead atoms. The molecule has 1 aromatic carbocycles. The first-order chi connectivity index (χ1) is 9.96. The Labute approximate surface area is 125 Å². The molecule has 10 heteroatoms. The maximum Gasteiger partial charge on any atom is 0.573 e. The highest BCUT2D eigenvalue weighted by molar-refractivity contribution is 8.01. The Bertz CT molecular complexity index is 636. The van der Waals surface area contributed by atoms with Gasteiger partial charge < -0.3 is 10.1 Å². The van der Waals surface area contributed by atoms with Gasteiger partial charge in [0, 0.05) is 5.69 Å². The van der Waals surface area contributed by atoms with Crippen LogP contribution in [-0.2, 0) is 0 Å². The number of halogens is 3. The first-order valence-corrected chi connectivity index (χ1v) is 7.22. The van der Waals surface area contributed by atoms with Crippen LogP contribution in [0.15, 0.2) is 28.6 Å². The zero-order chi connectivity index (χ0) is 15.3. The van der Waals surface area contributed by atoms with Gasteiger partial charge in [-0.3, -0.25) is 0 Å². The lowest BCUT2D eigenvalue weighted by Crippen LogP contribution is -2.16. The van der Waals surface area contributed by atoms with Crippen LogP contribution >= 0.6 is 23.1 Å². The predicted octanol–water partition coefficient (Wildman–Crippen LogP) is 3.80. The van der Waals surface area contributed by atoms with Crippen molar-refractivity contribution in [3.05, 3.63) is 24.3 Å². The lowest BCUT2D eigenvalue weighted by molar-refractivity contribution is -0.274. The van der Waals surface area contributed by atoms with Gasteiger partial charge in [-0.1, -0.05) is 23.1 Å². The van der Waals surface area contributed by atoms with E-state index in [4.69, 9.17) is 5.26 Å². The van der Waals surface area contributed by atoms with Crippen molar-refractivity contribution in [1.82, 2.24) is 10.2 Å². The Morgan fingerprint density at radius 1 is 1.29 bits per heavy atom. The molecule has 0 fully saturated rings. The average molecular weight is 332 g/mol. The molecule has 0 aliphatic heterocycles. The van der Waals surface area contributed by atoms with Crippen molar-refractivity contribution in [2.75, 3.05) is 11.1 Å². The molecule has 1 aromatic heterocycles. The fourth-order valence-electron chi connectivity index (χ4n) is 1.28. The van der Waals surface area contributed by atoms with E-state index in [1.54, 1.807) is 0 Å². The van der Waals surface area contributed by atoms with E-state index in [0.717, 1.165) is 0 Å². The van der Waals surface area contributed by atoms with Gasteiger partial charge >= 0.3 is 6.36 Å². The molecule has 2 aromatic rings. The summed E-state index contributed by atoms with van der Waals surface area (Å²) in [5.74, 6) is -0.0199. The van der Waals surface area contributed by atoms with Crippen LogP contribution < -0.4 is 10.1 Å². The van der Waals surface area contributed by atoms with Gasteiger partial charge in [0.2, 0.25) is 5.13 Å². The zero-order valence-electron chi connectivity index (χ0n) is 10.2. The van der Waals surface area contributed by atoms with Crippen molar-refractivity contribution in [3.8, 4) is 11.8 Å². The lowest BCUT2D eigenvalue weighted by atomic mass is 10.3. The molecule has 0 amide bonds. The van der Waals surface area contributed by atoms with Crippen molar-refractivity contribution in [2.45, 2.75) is 10.7 Å². The first kappa shape index (κ1) is 15.4. The van der Waals surface area contributed by atoms with Crippen LogP contribution in [0.5, 0.6) is 5.75 Å². The van der Waals surface area contributed by atoms with Crippen LogP contribution in [0.3, 0.4) is 0 Å². The Hall–Kier alpha value is -1.99. The topological polar surface area (TPSA) is 70.8 Å². The van der Waals surface area contributed by atoms with Gasteiger partial charge in [0.15, 0.2) is 4.34 Å². The molecule has 1 heterocycles. The summed E-state index contributed by atoms with van der Waals surface area (Å²) in [6.07, 6.45) is -4.71. The summed E-state index contributed by atoms with van der Waals surface area (Å²) in [5, 5.41) is 19.6. The molecule has 5 nitrogen and oxygen atoms in total. The molecule has 0 atom stereocenters. The minimum atomic E-state index is -4.71. The molecule has 0 radical (unpaired) electrons. The van der Waals surface area contributed by atoms with Gasteiger partial charge in [-0.05, 0) is 24.3 Å². The van der Waals surface area contributed by atoms with E-state index >= 15 is 0 Å². The summed E-state index contributed by atoms with van der Waals surface area (Å²) in [6, 6.07) is 7.24. The van der Waals surface area contributed by atoms with E-state index in [1.165, 1.54) is 47.4 Å². The molecule has 0 aliphatic rings. The predicted molar refractivity (Wildman–Crippen MR) is 72.7 cm³/mol. The summed E-state index contributed by atoms with van der Waals surface area (Å²) in [5.41, 5.74) is 0.553. The van der Waals surface area contributed by atoms with Crippen molar-refractivity contribution in [1.29, 1.82) is 5.26 Å². The minimum Gasteiger partial charge on any atom is -0.406 e. The molecule has 0 saturated carbocycles. The van der Waals surface area contributed by atoms with Crippen molar-refractivity contribution in [2.24, 2.45) is 0 Å². The summed E-state index contributed by atoms with van der Waals surface area (Å²) >= 11 is 2.51. The van der Waals surface area contributed by atoms with Crippen molar-refractivity contribution in [3.63, 3.8) is 0 Å². The van der Waals surface area contributed by atoms with E-state index in [2.05, 4.69) is 20.3 Å². The standard InChI is InChI=1S/C11H7F3N4OS2/c12-11(13,14)19-8-3-1-7(2-4-8)16-9-17-18-10(21-9)20-6-5-15/h1-4H,6H2,(H,16,17). The van der Waals surface area contributed by atoms with E-state index in [1.807, 2.05) is 6.07 Å². The van der Waals surface area contributed by atoms with E-state index in [-0.39, 0.29) is 11.5 Å². The molecule has 0 spiro atoms. The number of anilines is 2. The fourth-order valence-corrected chi connectivity index (χ4v) is 2.71. The van der Waals surface area contributed by atoms with Crippen LogP contribution in [0.4, 0.5) is 24.0 Å². The molecule has 0 aliphatic carbocycles. The number of ether oxygens (including phenoxy) is 1. The fraction of sp³-hybridized carbons (Fsp3) is 0.182. The maximum absolute atomic E-state index is 12.0. The van der Waals surface area contributed by atoms with E-state index < -0.39 is 6.36 Å². The van der Waals surface area contributed by atoms with E-state index in [9.17, 15) is 13.2 Å². The Morgan fingerprint density at radius 2 is 2.00 bits per heavy atom. The monoisotopic (exact) mass is 332 g/mol. The number of nitrogens with zero attached hydrogens (tertiary/aromatic N) is 3. The van der Waals surface area contributed by atoms with Gasteiger partial charge in [0.05, 0.1) is 11.8 Å². The highest BCUT2D eigenvalue weighted by atomic mass is 32.2. The molecule has 2 rings (SSSR count). The SMILES string of the molecule is N#CCSc1nnc(Nc2ccc(OC(F)(F)F)cc2)s1. The number of rotatable bonds is 5. The molecule has 1 N–H and O–H groups in total. The van der Waals surface area contributed by atoms with Crippen molar-refractivity contribution >= 4 is 33.9 Å². The van der Waals surface area contributed by atoms with Crippen LogP contribution in [-0.4, -0.2) is 22.3 Å². The minimum absolute atomic E-state index is 0.276. The molecular weight excluding hydrogens is 325 g/mol. The lowest BCUT2D eigenvalue weighted by Gasteiger charge is -2.09. The number of hydrogen-bond acceptors (Lipinski definition) is 7. The summed E-state index contributed by atoms with van der Waals surface area (Å²) < 4.78 is 40.4. The third kappa shape index (κ3) is 5.13. The van der Waals surface area contributed by atoms with Gasteiger partial charge in [-0.15, -0.1) is 23.4 Å². The van der Waals surface area contributed by atoms with Gasteiger partial charge in [0.25, 0.3) is 0 Å². The summed E-state index contributed by atoms with van der Waals surface area (Å²) in [6.45, 7) is 0. The third-order valence-corrected chi connectivity index (χ3v) is 3.84. The molecular formula is C11H7F3N4OS2. The number of alkyl halides is 3. The largest absolute Gasteiger partial charge is 0.573 e. The highest BCUT2D eigenvalue weighted by Crippen LogP contribution is 2.29. The molecule has 0 unspecified atom stereocenters. The van der Waals surface area contributed by atoms with Crippen LogP contribution in [0.25, 0.3) is 0 Å². The summed E-state index contributed by atoms with van der Waals surface area (Å²) in [4.78, 5) is 0. The smallest absolute Gasteiger partial charge is 0.406 e. The second kappa shape index (κ2) is 6.64. The zero-order valence-corrected chi connectivity index (χ0v) is 11.8. The van der Waals surface area contributed by atoms with Crippen LogP contribution in [0.1, 0.15) is 0 Å². The normalized spacial score (nSPS) is 11.0. The number of benzene rings is 1. The average Bonchev–Trinajstić information content (AvgIpc) is 2.85. The van der Waals surface area contributed by atoms with Crippen LogP contribution in [0, 0.1) is 11.3 Å². The Balaban J connectivity index is 1.97. The number of hydrogen-bond donors (Lipinski definition) is 1. The Morgan fingerprint density at radius 3 is 2.62 bits per heavy atom. The van der Waals surface area contributed by atoms with Gasteiger partial charge in [-0.2, -0.15) is 5.26 Å². The maximum atomic E-state index is 12.0. The number of nitriles is 1. The van der Waals surface area contributed by atoms with Gasteiger partial charge in [-0.25, -0.2) is 0 Å². The molecule has 21 heavy (non-hydrogen) atoms. The van der Waals surface area contributed by atoms with Gasteiger partial charge in [0.1, 0.15) is 5.75 Å². The summed E-state index contributed by atoms with van der Waals surface area (Å²) in [7, 11) is 0. The molecule has 0 saturated heterocycles.